The zero-order valence-corrected chi connectivity index (χ0v) is 20.6. The van der Waals surface area contributed by atoms with Crippen molar-refractivity contribution < 1.29 is 22.7 Å². The van der Waals surface area contributed by atoms with Crippen molar-refractivity contribution in [1.29, 1.82) is 0 Å². The quantitative estimate of drug-likeness (QED) is 0.685. The minimum Gasteiger partial charge on any atom is -0.444 e. The number of hydrogen-bond donors (Lipinski definition) is 0. The molecular weight excluding hydrogens is 430 g/mol. The van der Waals surface area contributed by atoms with E-state index in [9.17, 15) is 18.0 Å². The first-order valence-electron chi connectivity index (χ1n) is 11.2. The fraction of sp³-hybridized carbons (Fsp3) is 0.652. The molecule has 0 aliphatic carbocycles. The number of benzene rings is 1. The van der Waals surface area contributed by atoms with Crippen molar-refractivity contribution in [3.05, 3.63) is 29.3 Å². The number of carbonyl (C=O) groups excluding carboxylic acids is 2. The molecule has 0 bridgehead atoms. The summed E-state index contributed by atoms with van der Waals surface area (Å²) in [7, 11) is -3.56. The number of amides is 2. The normalized spacial score (nSPS) is 19.2. The number of carbonyl (C=O) groups is 2. The topological polar surface area (TPSA) is 87.2 Å². The maximum atomic E-state index is 13.0. The van der Waals surface area contributed by atoms with Crippen molar-refractivity contribution in [3.63, 3.8) is 0 Å². The molecule has 0 radical (unpaired) electrons. The summed E-state index contributed by atoms with van der Waals surface area (Å²) < 4.78 is 32.9. The Hall–Kier alpha value is -2.13. The van der Waals surface area contributed by atoms with Crippen molar-refractivity contribution in [3.8, 4) is 0 Å². The van der Waals surface area contributed by atoms with Crippen LogP contribution in [0.2, 0.25) is 0 Å². The minimum atomic E-state index is -3.56. The Morgan fingerprint density at radius 1 is 0.906 bits per heavy atom. The molecule has 3 rings (SSSR count). The molecule has 8 nitrogen and oxygen atoms in total. The van der Waals surface area contributed by atoms with Gasteiger partial charge in [-0.05, 0) is 70.7 Å². The predicted molar refractivity (Wildman–Crippen MR) is 122 cm³/mol. The highest BCUT2D eigenvalue weighted by Gasteiger charge is 2.35. The third-order valence-electron chi connectivity index (χ3n) is 6.16. The van der Waals surface area contributed by atoms with E-state index in [0.29, 0.717) is 57.0 Å². The van der Waals surface area contributed by atoms with Crippen molar-refractivity contribution in [2.24, 2.45) is 5.92 Å². The second-order valence-corrected chi connectivity index (χ2v) is 11.7. The lowest BCUT2D eigenvalue weighted by atomic mass is 9.96. The number of sulfonamides is 1. The van der Waals surface area contributed by atoms with Crippen LogP contribution in [0.5, 0.6) is 0 Å². The van der Waals surface area contributed by atoms with Crippen LogP contribution in [0.15, 0.2) is 23.1 Å². The van der Waals surface area contributed by atoms with Crippen LogP contribution in [0.1, 0.15) is 44.7 Å². The van der Waals surface area contributed by atoms with E-state index in [1.54, 1.807) is 21.9 Å². The van der Waals surface area contributed by atoms with Crippen molar-refractivity contribution >= 4 is 22.0 Å². The van der Waals surface area contributed by atoms with Gasteiger partial charge in [0.25, 0.3) is 0 Å². The number of aryl methyl sites for hydroxylation is 2. The van der Waals surface area contributed by atoms with Crippen LogP contribution in [0.25, 0.3) is 0 Å². The molecule has 0 saturated carbocycles. The first-order valence-corrected chi connectivity index (χ1v) is 12.7. The lowest BCUT2D eigenvalue weighted by molar-refractivity contribution is -0.138. The van der Waals surface area contributed by atoms with E-state index < -0.39 is 15.6 Å². The molecular formula is C23H35N3O5S. The SMILES string of the molecule is Cc1ccc(S(=O)(=O)N2CCC(C(=O)N3CCN(C(=O)OC(C)(C)C)CC3)CC2)cc1C. The van der Waals surface area contributed by atoms with E-state index in [1.165, 1.54) is 4.31 Å². The van der Waals surface area contributed by atoms with Crippen LogP contribution >= 0.6 is 0 Å². The van der Waals surface area contributed by atoms with Gasteiger partial charge < -0.3 is 14.5 Å². The van der Waals surface area contributed by atoms with Crippen LogP contribution in [0, 0.1) is 19.8 Å². The number of piperidine rings is 1. The summed E-state index contributed by atoms with van der Waals surface area (Å²) in [5.74, 6) is -0.133. The summed E-state index contributed by atoms with van der Waals surface area (Å²) in [5.41, 5.74) is 1.46. The van der Waals surface area contributed by atoms with Gasteiger partial charge in [0, 0.05) is 45.2 Å². The smallest absolute Gasteiger partial charge is 0.410 e. The Bertz CT molecular complexity index is 954. The third-order valence-corrected chi connectivity index (χ3v) is 8.06. The zero-order chi connectivity index (χ0) is 23.7. The van der Waals surface area contributed by atoms with Gasteiger partial charge in [-0.15, -0.1) is 0 Å². The highest BCUT2D eigenvalue weighted by atomic mass is 32.2. The summed E-state index contributed by atoms with van der Waals surface area (Å²) in [6.45, 7) is 11.9. The molecule has 0 N–H and O–H groups in total. The lowest BCUT2D eigenvalue weighted by Crippen LogP contribution is -2.53. The van der Waals surface area contributed by atoms with Crippen molar-refractivity contribution in [2.45, 2.75) is 58.0 Å². The molecule has 0 atom stereocenters. The lowest BCUT2D eigenvalue weighted by Gasteiger charge is -2.38. The first-order chi connectivity index (χ1) is 14.9. The standard InChI is InChI=1S/C23H35N3O5S/c1-17-6-7-20(16-18(17)2)32(29,30)26-10-8-19(9-11-26)21(27)24-12-14-25(15-13-24)22(28)31-23(3,4)5/h6-7,16,19H,8-15H2,1-5H3. The van der Waals surface area contributed by atoms with E-state index in [4.69, 9.17) is 4.74 Å². The third kappa shape index (κ3) is 5.61. The monoisotopic (exact) mass is 465 g/mol. The molecule has 0 unspecified atom stereocenters. The van der Waals surface area contributed by atoms with Gasteiger partial charge in [-0.1, -0.05) is 6.07 Å². The fourth-order valence-electron chi connectivity index (χ4n) is 4.06. The summed E-state index contributed by atoms with van der Waals surface area (Å²) in [4.78, 5) is 28.9. The van der Waals surface area contributed by atoms with Gasteiger partial charge >= 0.3 is 6.09 Å². The van der Waals surface area contributed by atoms with E-state index >= 15 is 0 Å². The molecule has 32 heavy (non-hydrogen) atoms. The van der Waals surface area contributed by atoms with Gasteiger partial charge in [0.15, 0.2) is 0 Å². The van der Waals surface area contributed by atoms with Crippen LogP contribution in [0.3, 0.4) is 0 Å². The molecule has 2 aliphatic rings. The Balaban J connectivity index is 1.53. The van der Waals surface area contributed by atoms with Crippen molar-refractivity contribution in [1.82, 2.24) is 14.1 Å². The van der Waals surface area contributed by atoms with Crippen LogP contribution in [0.4, 0.5) is 4.79 Å². The summed E-state index contributed by atoms with van der Waals surface area (Å²) in [6, 6.07) is 5.19. The Morgan fingerprint density at radius 2 is 1.47 bits per heavy atom. The number of piperazine rings is 1. The molecule has 1 aromatic carbocycles. The predicted octanol–water partition coefficient (Wildman–Crippen LogP) is 2.78. The largest absolute Gasteiger partial charge is 0.444 e. The Kier molecular flexibility index (Phi) is 7.19. The van der Waals surface area contributed by atoms with E-state index in [-0.39, 0.29) is 17.9 Å². The summed E-state index contributed by atoms with van der Waals surface area (Å²) in [6.07, 6.45) is 0.666. The minimum absolute atomic E-state index is 0.0528. The maximum absolute atomic E-state index is 13.0. The molecule has 2 fully saturated rings. The van der Waals surface area contributed by atoms with Crippen molar-refractivity contribution in [2.75, 3.05) is 39.3 Å². The molecule has 0 aromatic heterocycles. The number of hydrogen-bond acceptors (Lipinski definition) is 5. The van der Waals surface area contributed by atoms with Crippen LogP contribution < -0.4 is 0 Å². The first kappa shape index (κ1) is 24.5. The van der Waals surface area contributed by atoms with Crippen LogP contribution in [-0.2, 0) is 19.6 Å². The van der Waals surface area contributed by atoms with Gasteiger partial charge in [-0.3, -0.25) is 4.79 Å². The average molecular weight is 466 g/mol. The second-order valence-electron chi connectivity index (χ2n) is 9.72. The second kappa shape index (κ2) is 9.39. The number of ether oxygens (including phenoxy) is 1. The van der Waals surface area contributed by atoms with Gasteiger partial charge in [-0.25, -0.2) is 13.2 Å². The van der Waals surface area contributed by atoms with Crippen LogP contribution in [-0.4, -0.2) is 79.4 Å². The summed E-state index contributed by atoms with van der Waals surface area (Å²) >= 11 is 0. The Morgan fingerprint density at radius 3 is 2.00 bits per heavy atom. The molecule has 2 heterocycles. The molecule has 2 amide bonds. The fourth-order valence-corrected chi connectivity index (χ4v) is 5.62. The molecule has 2 saturated heterocycles. The average Bonchev–Trinajstić information content (AvgIpc) is 2.74. The highest BCUT2D eigenvalue weighted by Crippen LogP contribution is 2.26. The van der Waals surface area contributed by atoms with Gasteiger partial charge in [-0.2, -0.15) is 4.31 Å². The van der Waals surface area contributed by atoms with E-state index in [1.807, 2.05) is 40.7 Å². The molecule has 9 heteroatoms. The molecule has 178 valence electrons. The van der Waals surface area contributed by atoms with Gasteiger partial charge in [0.05, 0.1) is 4.90 Å². The summed E-state index contributed by atoms with van der Waals surface area (Å²) in [5, 5.41) is 0. The number of rotatable bonds is 3. The molecule has 0 spiro atoms. The molecule has 1 aromatic rings. The van der Waals surface area contributed by atoms with E-state index in [0.717, 1.165) is 11.1 Å². The highest BCUT2D eigenvalue weighted by molar-refractivity contribution is 7.89. The Labute approximate surface area is 191 Å². The van der Waals surface area contributed by atoms with Gasteiger partial charge in [0.2, 0.25) is 15.9 Å². The van der Waals surface area contributed by atoms with Gasteiger partial charge in [0.1, 0.15) is 5.60 Å². The maximum Gasteiger partial charge on any atom is 0.410 e. The van der Waals surface area contributed by atoms with E-state index in [2.05, 4.69) is 0 Å². The molecule has 2 aliphatic heterocycles. The zero-order valence-electron chi connectivity index (χ0n) is 19.8. The number of nitrogens with zero attached hydrogens (tertiary/aromatic N) is 3.